The van der Waals surface area contributed by atoms with Gasteiger partial charge in [0.05, 0.1) is 12.6 Å². The minimum Gasteiger partial charge on any atom is -0.379 e. The lowest BCUT2D eigenvalue weighted by Crippen LogP contribution is -2.29. The molecule has 1 amide bonds. The molecular formula is C12H19N5O2. The monoisotopic (exact) mass is 265 g/mol. The molecule has 0 spiro atoms. The number of carbonyl (C=O) groups excluding carboxylic acids is 1. The van der Waals surface area contributed by atoms with Crippen molar-refractivity contribution in [3.63, 3.8) is 0 Å². The van der Waals surface area contributed by atoms with E-state index in [1.54, 1.807) is 0 Å². The van der Waals surface area contributed by atoms with Crippen molar-refractivity contribution in [3.05, 3.63) is 6.33 Å². The molecule has 104 valence electrons. The van der Waals surface area contributed by atoms with Gasteiger partial charge in [0.1, 0.15) is 12.0 Å². The third-order valence-corrected chi connectivity index (χ3v) is 2.59. The molecule has 1 aromatic rings. The Morgan fingerprint density at radius 1 is 1.47 bits per heavy atom. The Hall–Kier alpha value is -1.89. The van der Waals surface area contributed by atoms with Crippen LogP contribution in [0.4, 0.5) is 17.3 Å². The summed E-state index contributed by atoms with van der Waals surface area (Å²) in [5.74, 6) is 1.19. The van der Waals surface area contributed by atoms with Crippen LogP contribution in [0, 0.1) is 0 Å². The molecule has 0 atom stereocenters. The van der Waals surface area contributed by atoms with Gasteiger partial charge in [-0.1, -0.05) is 0 Å². The summed E-state index contributed by atoms with van der Waals surface area (Å²) < 4.78 is 5.45. The highest BCUT2D eigenvalue weighted by atomic mass is 16.5. The summed E-state index contributed by atoms with van der Waals surface area (Å²) in [7, 11) is 0. The lowest BCUT2D eigenvalue weighted by molar-refractivity contribution is -0.114. The van der Waals surface area contributed by atoms with Crippen LogP contribution in [-0.2, 0) is 9.53 Å². The number of nitrogens with zero attached hydrogens (tertiary/aromatic N) is 2. The van der Waals surface area contributed by atoms with E-state index in [1.807, 2.05) is 13.8 Å². The van der Waals surface area contributed by atoms with Crippen LogP contribution in [0.15, 0.2) is 6.33 Å². The molecule has 0 aliphatic carbocycles. The van der Waals surface area contributed by atoms with Crippen molar-refractivity contribution in [3.8, 4) is 0 Å². The zero-order chi connectivity index (χ0) is 13.7. The van der Waals surface area contributed by atoms with E-state index in [9.17, 15) is 4.79 Å². The van der Waals surface area contributed by atoms with Gasteiger partial charge in [-0.25, -0.2) is 9.97 Å². The molecule has 1 aliphatic rings. The van der Waals surface area contributed by atoms with Gasteiger partial charge < -0.3 is 20.7 Å². The molecule has 3 N–H and O–H groups in total. The zero-order valence-corrected chi connectivity index (χ0v) is 11.2. The predicted molar refractivity (Wildman–Crippen MR) is 73.3 cm³/mol. The maximum absolute atomic E-state index is 11.4. The topological polar surface area (TPSA) is 88.2 Å². The van der Waals surface area contributed by atoms with Crippen LogP contribution in [0.1, 0.15) is 20.3 Å². The third-order valence-electron chi connectivity index (χ3n) is 2.59. The van der Waals surface area contributed by atoms with E-state index in [0.717, 1.165) is 13.0 Å². The molecule has 7 nitrogen and oxygen atoms in total. The molecule has 1 aromatic heterocycles. The Morgan fingerprint density at radius 3 is 3.11 bits per heavy atom. The number of fused-ring (bicyclic) bond motifs is 1. The molecule has 2 rings (SSSR count). The minimum absolute atomic E-state index is 0.0894. The number of hydrogen-bond acceptors (Lipinski definition) is 6. The fraction of sp³-hybridized carbons (Fsp3) is 0.583. The van der Waals surface area contributed by atoms with Gasteiger partial charge in [-0.15, -0.1) is 0 Å². The van der Waals surface area contributed by atoms with Crippen LogP contribution < -0.4 is 16.0 Å². The first-order chi connectivity index (χ1) is 9.16. The predicted octanol–water partition coefficient (Wildman–Crippen LogP) is 1.07. The molecule has 0 fully saturated rings. The van der Waals surface area contributed by atoms with E-state index in [0.29, 0.717) is 23.9 Å². The summed E-state index contributed by atoms with van der Waals surface area (Å²) in [6.45, 7) is 5.69. The van der Waals surface area contributed by atoms with Crippen molar-refractivity contribution >= 4 is 23.2 Å². The van der Waals surface area contributed by atoms with Crippen LogP contribution in [0.5, 0.6) is 0 Å². The molecule has 19 heavy (non-hydrogen) atoms. The quantitative estimate of drug-likeness (QED) is 0.667. The van der Waals surface area contributed by atoms with Gasteiger partial charge in [0, 0.05) is 13.2 Å². The van der Waals surface area contributed by atoms with E-state index >= 15 is 0 Å². The first-order valence-electron chi connectivity index (χ1n) is 6.41. The Morgan fingerprint density at radius 2 is 2.32 bits per heavy atom. The van der Waals surface area contributed by atoms with Gasteiger partial charge in [-0.3, -0.25) is 4.79 Å². The minimum atomic E-state index is -0.0894. The Labute approximate surface area is 112 Å². The van der Waals surface area contributed by atoms with E-state index in [1.165, 1.54) is 6.33 Å². The molecule has 0 saturated heterocycles. The number of ether oxygens (including phenoxy) is 1. The summed E-state index contributed by atoms with van der Waals surface area (Å²) in [6.07, 6.45) is 2.59. The lowest BCUT2D eigenvalue weighted by Gasteiger charge is -2.20. The summed E-state index contributed by atoms with van der Waals surface area (Å²) in [6, 6.07) is 0. The standard InChI is InChI=1S/C12H19N5O2/c1-8(2)19-5-3-4-13-11-10-12(16-7-15-11)14-6-9(18)17-10/h7-8H,3-6H2,1-2H3,(H,17,18)(H2,13,14,15,16). The molecule has 7 heteroatoms. The van der Waals surface area contributed by atoms with Gasteiger partial charge in [0.25, 0.3) is 0 Å². The summed E-state index contributed by atoms with van der Waals surface area (Å²) >= 11 is 0. The number of aromatic nitrogens is 2. The first kappa shape index (κ1) is 13.5. The van der Waals surface area contributed by atoms with Crippen molar-refractivity contribution in [2.24, 2.45) is 0 Å². The smallest absolute Gasteiger partial charge is 0.243 e. The second-order valence-corrected chi connectivity index (χ2v) is 4.55. The maximum Gasteiger partial charge on any atom is 0.243 e. The Bertz CT molecular complexity index is 450. The molecule has 0 aromatic carbocycles. The van der Waals surface area contributed by atoms with Crippen molar-refractivity contribution in [2.45, 2.75) is 26.4 Å². The first-order valence-corrected chi connectivity index (χ1v) is 6.41. The summed E-state index contributed by atoms with van der Waals surface area (Å²) in [4.78, 5) is 19.6. The average molecular weight is 265 g/mol. The number of carbonyl (C=O) groups is 1. The fourth-order valence-electron chi connectivity index (χ4n) is 1.72. The third kappa shape index (κ3) is 3.78. The van der Waals surface area contributed by atoms with Crippen molar-refractivity contribution in [1.82, 2.24) is 9.97 Å². The van der Waals surface area contributed by atoms with E-state index in [4.69, 9.17) is 4.74 Å². The number of rotatable bonds is 6. The van der Waals surface area contributed by atoms with Gasteiger partial charge >= 0.3 is 0 Å². The fourth-order valence-corrected chi connectivity index (χ4v) is 1.72. The number of anilines is 3. The Balaban J connectivity index is 1.88. The molecule has 0 bridgehead atoms. The van der Waals surface area contributed by atoms with E-state index in [2.05, 4.69) is 25.9 Å². The van der Waals surface area contributed by atoms with Crippen LogP contribution in [0.25, 0.3) is 0 Å². The molecule has 2 heterocycles. The highest BCUT2D eigenvalue weighted by Crippen LogP contribution is 2.28. The highest BCUT2D eigenvalue weighted by molar-refractivity contribution is 6.02. The largest absolute Gasteiger partial charge is 0.379 e. The van der Waals surface area contributed by atoms with Crippen molar-refractivity contribution in [2.75, 3.05) is 35.6 Å². The number of hydrogen-bond donors (Lipinski definition) is 3. The number of amides is 1. The van der Waals surface area contributed by atoms with Crippen molar-refractivity contribution < 1.29 is 9.53 Å². The normalized spacial score (nSPS) is 13.7. The van der Waals surface area contributed by atoms with Gasteiger partial charge in [0.15, 0.2) is 11.6 Å². The van der Waals surface area contributed by atoms with Crippen LogP contribution in [-0.4, -0.2) is 41.7 Å². The number of nitrogens with one attached hydrogen (secondary N) is 3. The van der Waals surface area contributed by atoms with Gasteiger partial charge in [-0.2, -0.15) is 0 Å². The maximum atomic E-state index is 11.4. The van der Waals surface area contributed by atoms with E-state index in [-0.39, 0.29) is 18.6 Å². The van der Waals surface area contributed by atoms with Crippen LogP contribution >= 0.6 is 0 Å². The average Bonchev–Trinajstić information content (AvgIpc) is 2.38. The molecular weight excluding hydrogens is 246 g/mol. The van der Waals surface area contributed by atoms with Crippen LogP contribution in [0.3, 0.4) is 0 Å². The molecule has 0 unspecified atom stereocenters. The molecule has 1 aliphatic heterocycles. The zero-order valence-electron chi connectivity index (χ0n) is 11.2. The molecule has 0 saturated carbocycles. The molecule has 0 radical (unpaired) electrons. The SMILES string of the molecule is CC(C)OCCCNc1ncnc2c1NC(=O)CN2. The summed E-state index contributed by atoms with van der Waals surface area (Å²) in [5, 5.41) is 8.89. The second kappa shape index (κ2) is 6.33. The van der Waals surface area contributed by atoms with Crippen LogP contribution in [0.2, 0.25) is 0 Å². The lowest BCUT2D eigenvalue weighted by atomic mass is 10.3. The van der Waals surface area contributed by atoms with Gasteiger partial charge in [-0.05, 0) is 20.3 Å². The summed E-state index contributed by atoms with van der Waals surface area (Å²) in [5.41, 5.74) is 0.614. The highest BCUT2D eigenvalue weighted by Gasteiger charge is 2.18. The Kier molecular flexibility index (Phi) is 4.51. The van der Waals surface area contributed by atoms with Crippen molar-refractivity contribution in [1.29, 1.82) is 0 Å². The van der Waals surface area contributed by atoms with E-state index < -0.39 is 0 Å². The second-order valence-electron chi connectivity index (χ2n) is 4.55. The van der Waals surface area contributed by atoms with Gasteiger partial charge in [0.2, 0.25) is 5.91 Å².